The Balaban J connectivity index is 1.74. The number of nitrogens with two attached hydrogens (primary N) is 1. The molecular formula is C14H25N3S. The highest BCUT2D eigenvalue weighted by Gasteiger charge is 2.26. The average molecular weight is 267 g/mol. The molecule has 1 fully saturated rings. The van der Waals surface area contributed by atoms with Crippen molar-refractivity contribution in [3.05, 3.63) is 16.1 Å². The number of nitrogens with zero attached hydrogens (tertiary/aromatic N) is 1. The van der Waals surface area contributed by atoms with Crippen molar-refractivity contribution in [2.45, 2.75) is 64.0 Å². The molecule has 1 aliphatic rings. The van der Waals surface area contributed by atoms with Gasteiger partial charge in [-0.1, -0.05) is 19.3 Å². The molecule has 3 N–H and O–H groups in total. The van der Waals surface area contributed by atoms with Crippen molar-refractivity contribution in [1.82, 2.24) is 10.3 Å². The molecule has 0 bridgehead atoms. The van der Waals surface area contributed by atoms with Crippen LogP contribution in [0.1, 0.15) is 62.2 Å². The lowest BCUT2D eigenvalue weighted by atomic mass is 9.80. The Hall–Kier alpha value is -0.450. The smallest absolute Gasteiger partial charge is 0.110 e. The Labute approximate surface area is 114 Å². The SMILES string of the molecule is Cc1csc(C(C)NCCC2(N)CCCCC2)n1. The van der Waals surface area contributed by atoms with Crippen LogP contribution in [0.2, 0.25) is 0 Å². The summed E-state index contributed by atoms with van der Waals surface area (Å²) < 4.78 is 0. The van der Waals surface area contributed by atoms with Crippen LogP contribution in [0.4, 0.5) is 0 Å². The maximum Gasteiger partial charge on any atom is 0.110 e. The van der Waals surface area contributed by atoms with Crippen LogP contribution < -0.4 is 11.1 Å². The first kappa shape index (κ1) is 14.0. The summed E-state index contributed by atoms with van der Waals surface area (Å²) in [5.41, 5.74) is 7.64. The van der Waals surface area contributed by atoms with Gasteiger partial charge in [0.2, 0.25) is 0 Å². The largest absolute Gasteiger partial charge is 0.325 e. The van der Waals surface area contributed by atoms with Crippen molar-refractivity contribution in [3.8, 4) is 0 Å². The Morgan fingerprint density at radius 3 is 2.78 bits per heavy atom. The van der Waals surface area contributed by atoms with Gasteiger partial charge in [0, 0.05) is 16.6 Å². The van der Waals surface area contributed by atoms with Gasteiger partial charge in [0.1, 0.15) is 5.01 Å². The standard InChI is InChI=1S/C14H25N3S/c1-11-10-18-13(17-11)12(2)16-9-8-14(15)6-4-3-5-7-14/h10,12,16H,3-9,15H2,1-2H3. The predicted octanol–water partition coefficient (Wildman–Crippen LogP) is 3.15. The van der Waals surface area contributed by atoms with Crippen molar-refractivity contribution in [2.75, 3.05) is 6.54 Å². The Bertz CT molecular complexity index is 369. The normalized spacial score (nSPS) is 20.8. The maximum atomic E-state index is 6.44. The van der Waals surface area contributed by atoms with E-state index < -0.39 is 0 Å². The third-order valence-corrected chi connectivity index (χ3v) is 5.08. The lowest BCUT2D eigenvalue weighted by Gasteiger charge is -2.33. The van der Waals surface area contributed by atoms with Gasteiger partial charge < -0.3 is 11.1 Å². The first-order valence-electron chi connectivity index (χ1n) is 7.03. The van der Waals surface area contributed by atoms with Crippen LogP contribution in [-0.2, 0) is 0 Å². The Kier molecular flexibility index (Phi) is 4.76. The molecule has 2 rings (SSSR count). The minimum atomic E-state index is 0.0871. The summed E-state index contributed by atoms with van der Waals surface area (Å²) in [5, 5.41) is 6.85. The molecular weight excluding hydrogens is 242 g/mol. The Morgan fingerprint density at radius 1 is 1.44 bits per heavy atom. The molecule has 0 amide bonds. The van der Waals surface area contributed by atoms with Crippen molar-refractivity contribution in [3.63, 3.8) is 0 Å². The fourth-order valence-corrected chi connectivity index (χ4v) is 3.53. The van der Waals surface area contributed by atoms with Crippen LogP contribution in [0.3, 0.4) is 0 Å². The first-order valence-corrected chi connectivity index (χ1v) is 7.91. The molecule has 1 aliphatic carbocycles. The van der Waals surface area contributed by atoms with E-state index in [9.17, 15) is 0 Å². The molecule has 1 aromatic heterocycles. The maximum absolute atomic E-state index is 6.44. The number of hydrogen-bond acceptors (Lipinski definition) is 4. The van der Waals surface area contributed by atoms with E-state index >= 15 is 0 Å². The number of thiazole rings is 1. The van der Waals surface area contributed by atoms with Gasteiger partial charge in [0.05, 0.1) is 6.04 Å². The average Bonchev–Trinajstić information content (AvgIpc) is 2.76. The summed E-state index contributed by atoms with van der Waals surface area (Å²) in [6.07, 6.45) is 7.44. The summed E-state index contributed by atoms with van der Waals surface area (Å²) in [4.78, 5) is 4.52. The minimum Gasteiger partial charge on any atom is -0.325 e. The summed E-state index contributed by atoms with van der Waals surface area (Å²) in [7, 11) is 0. The highest BCUT2D eigenvalue weighted by molar-refractivity contribution is 7.09. The molecule has 1 saturated carbocycles. The third-order valence-electron chi connectivity index (χ3n) is 3.93. The van der Waals surface area contributed by atoms with E-state index in [4.69, 9.17) is 5.73 Å². The molecule has 0 saturated heterocycles. The Morgan fingerprint density at radius 2 is 2.17 bits per heavy atom. The molecule has 1 unspecified atom stereocenters. The van der Waals surface area contributed by atoms with Crippen LogP contribution >= 0.6 is 11.3 Å². The van der Waals surface area contributed by atoms with E-state index in [0.717, 1.165) is 18.7 Å². The van der Waals surface area contributed by atoms with Crippen molar-refractivity contribution in [2.24, 2.45) is 5.73 Å². The van der Waals surface area contributed by atoms with Crippen molar-refractivity contribution < 1.29 is 0 Å². The van der Waals surface area contributed by atoms with Crippen LogP contribution in [0.25, 0.3) is 0 Å². The number of hydrogen-bond donors (Lipinski definition) is 2. The highest BCUT2D eigenvalue weighted by Crippen LogP contribution is 2.28. The zero-order valence-electron chi connectivity index (χ0n) is 11.5. The zero-order valence-corrected chi connectivity index (χ0v) is 12.4. The predicted molar refractivity (Wildman–Crippen MR) is 77.9 cm³/mol. The van der Waals surface area contributed by atoms with Gasteiger partial charge in [-0.05, 0) is 39.7 Å². The van der Waals surface area contributed by atoms with Gasteiger partial charge in [-0.2, -0.15) is 0 Å². The van der Waals surface area contributed by atoms with Gasteiger partial charge in [-0.3, -0.25) is 0 Å². The molecule has 0 aliphatic heterocycles. The van der Waals surface area contributed by atoms with Crippen LogP contribution in [0.15, 0.2) is 5.38 Å². The molecule has 3 nitrogen and oxygen atoms in total. The fourth-order valence-electron chi connectivity index (χ4n) is 2.70. The highest BCUT2D eigenvalue weighted by atomic mass is 32.1. The summed E-state index contributed by atoms with van der Waals surface area (Å²) >= 11 is 1.74. The number of aromatic nitrogens is 1. The molecule has 0 spiro atoms. The van der Waals surface area contributed by atoms with E-state index in [0.29, 0.717) is 6.04 Å². The molecule has 0 aromatic carbocycles. The second-order valence-electron chi connectivity index (χ2n) is 5.68. The molecule has 4 heteroatoms. The molecule has 0 radical (unpaired) electrons. The van der Waals surface area contributed by atoms with E-state index in [1.807, 2.05) is 6.92 Å². The van der Waals surface area contributed by atoms with E-state index in [1.54, 1.807) is 11.3 Å². The zero-order chi connectivity index (χ0) is 13.0. The monoisotopic (exact) mass is 267 g/mol. The topological polar surface area (TPSA) is 50.9 Å². The first-order chi connectivity index (χ1) is 8.59. The summed E-state index contributed by atoms with van der Waals surface area (Å²) in [5.74, 6) is 0. The fraction of sp³-hybridized carbons (Fsp3) is 0.786. The van der Waals surface area contributed by atoms with E-state index in [-0.39, 0.29) is 5.54 Å². The van der Waals surface area contributed by atoms with Crippen molar-refractivity contribution >= 4 is 11.3 Å². The van der Waals surface area contributed by atoms with Crippen LogP contribution in [0, 0.1) is 6.92 Å². The minimum absolute atomic E-state index is 0.0871. The lowest BCUT2D eigenvalue weighted by molar-refractivity contribution is 0.272. The lowest BCUT2D eigenvalue weighted by Crippen LogP contribution is -2.44. The van der Waals surface area contributed by atoms with Gasteiger partial charge >= 0.3 is 0 Å². The van der Waals surface area contributed by atoms with Gasteiger partial charge in [-0.25, -0.2) is 4.98 Å². The second-order valence-corrected chi connectivity index (χ2v) is 6.57. The van der Waals surface area contributed by atoms with Crippen LogP contribution in [0.5, 0.6) is 0 Å². The number of rotatable bonds is 5. The third kappa shape index (κ3) is 3.77. The van der Waals surface area contributed by atoms with Crippen molar-refractivity contribution in [1.29, 1.82) is 0 Å². The van der Waals surface area contributed by atoms with Gasteiger partial charge in [0.25, 0.3) is 0 Å². The number of nitrogens with one attached hydrogen (secondary N) is 1. The number of aryl methyl sites for hydroxylation is 1. The molecule has 1 aromatic rings. The summed E-state index contributed by atoms with van der Waals surface area (Å²) in [6.45, 7) is 5.22. The van der Waals surface area contributed by atoms with Gasteiger partial charge in [-0.15, -0.1) is 11.3 Å². The second kappa shape index (κ2) is 6.13. The molecule has 1 heterocycles. The molecule has 102 valence electrons. The molecule has 1 atom stereocenters. The van der Waals surface area contributed by atoms with Crippen LogP contribution in [-0.4, -0.2) is 17.1 Å². The molecule has 18 heavy (non-hydrogen) atoms. The summed E-state index contributed by atoms with van der Waals surface area (Å²) in [6, 6.07) is 0.343. The quantitative estimate of drug-likeness (QED) is 0.861. The van der Waals surface area contributed by atoms with Gasteiger partial charge in [0.15, 0.2) is 0 Å². The van der Waals surface area contributed by atoms with E-state index in [2.05, 4.69) is 22.6 Å². The van der Waals surface area contributed by atoms with E-state index in [1.165, 1.54) is 37.1 Å².